The van der Waals surface area contributed by atoms with Crippen molar-refractivity contribution in [3.8, 4) is 0 Å². The van der Waals surface area contributed by atoms with Crippen molar-refractivity contribution in [2.24, 2.45) is 4.99 Å². The van der Waals surface area contributed by atoms with Gasteiger partial charge in [0.05, 0.1) is 19.8 Å². The van der Waals surface area contributed by atoms with Gasteiger partial charge in [-0.15, -0.1) is 0 Å². The van der Waals surface area contributed by atoms with Gasteiger partial charge in [0.25, 0.3) is 0 Å². The van der Waals surface area contributed by atoms with E-state index in [1.807, 2.05) is 18.2 Å². The molecule has 1 aromatic rings. The van der Waals surface area contributed by atoms with E-state index in [9.17, 15) is 0 Å². The highest BCUT2D eigenvalue weighted by atomic mass is 35.5. The van der Waals surface area contributed by atoms with Gasteiger partial charge in [-0.2, -0.15) is 0 Å². The summed E-state index contributed by atoms with van der Waals surface area (Å²) in [5.74, 6) is 0.809. The first-order chi connectivity index (χ1) is 11.7. The number of aliphatic imine (C=N–C) groups is 1. The average molecular weight is 355 g/mol. The minimum Gasteiger partial charge on any atom is -0.382 e. The van der Waals surface area contributed by atoms with Crippen LogP contribution in [0.3, 0.4) is 0 Å². The van der Waals surface area contributed by atoms with Gasteiger partial charge in [-0.05, 0) is 24.6 Å². The number of benzene rings is 1. The SMILES string of the molecule is CN=C(NCCOCCOC)NC1CCN(c2cccc(Cl)c2)C1. The minimum absolute atomic E-state index is 0.365. The Morgan fingerprint density at radius 1 is 1.38 bits per heavy atom. The molecule has 0 amide bonds. The summed E-state index contributed by atoms with van der Waals surface area (Å²) < 4.78 is 10.4. The molecule has 1 heterocycles. The molecule has 0 radical (unpaired) electrons. The maximum absolute atomic E-state index is 6.08. The van der Waals surface area contributed by atoms with Crippen molar-refractivity contribution in [1.29, 1.82) is 0 Å². The van der Waals surface area contributed by atoms with Crippen molar-refractivity contribution in [3.63, 3.8) is 0 Å². The van der Waals surface area contributed by atoms with Gasteiger partial charge in [-0.25, -0.2) is 0 Å². The molecule has 0 aromatic heterocycles. The minimum atomic E-state index is 0.365. The molecule has 0 aliphatic carbocycles. The van der Waals surface area contributed by atoms with Gasteiger partial charge in [0.2, 0.25) is 0 Å². The number of anilines is 1. The summed E-state index contributed by atoms with van der Waals surface area (Å²) in [6.07, 6.45) is 1.07. The third-order valence-electron chi connectivity index (χ3n) is 3.90. The van der Waals surface area contributed by atoms with Gasteiger partial charge >= 0.3 is 0 Å². The molecular weight excluding hydrogens is 328 g/mol. The molecule has 7 heteroatoms. The van der Waals surface area contributed by atoms with E-state index >= 15 is 0 Å². The van der Waals surface area contributed by atoms with E-state index in [1.165, 1.54) is 5.69 Å². The molecule has 1 fully saturated rings. The molecule has 1 aliphatic heterocycles. The molecule has 6 nitrogen and oxygen atoms in total. The lowest BCUT2D eigenvalue weighted by Gasteiger charge is -2.20. The van der Waals surface area contributed by atoms with Crippen molar-refractivity contribution in [3.05, 3.63) is 29.3 Å². The second-order valence-corrected chi connectivity index (χ2v) is 6.10. The Hall–Kier alpha value is -1.50. The van der Waals surface area contributed by atoms with Crippen molar-refractivity contribution < 1.29 is 9.47 Å². The number of nitrogens with zero attached hydrogens (tertiary/aromatic N) is 2. The number of halogens is 1. The molecule has 1 aliphatic rings. The number of methoxy groups -OCH3 is 1. The van der Waals surface area contributed by atoms with Crippen molar-refractivity contribution in [2.45, 2.75) is 12.5 Å². The second kappa shape index (κ2) is 10.4. The zero-order valence-electron chi connectivity index (χ0n) is 14.4. The maximum Gasteiger partial charge on any atom is 0.191 e. The lowest BCUT2D eigenvalue weighted by atomic mass is 10.3. The number of hydrogen-bond donors (Lipinski definition) is 2. The second-order valence-electron chi connectivity index (χ2n) is 5.66. The molecule has 1 aromatic carbocycles. The lowest BCUT2D eigenvalue weighted by molar-refractivity contribution is 0.0733. The fourth-order valence-electron chi connectivity index (χ4n) is 2.66. The number of ether oxygens (including phenoxy) is 2. The van der Waals surface area contributed by atoms with Crippen LogP contribution in [-0.2, 0) is 9.47 Å². The highest BCUT2D eigenvalue weighted by molar-refractivity contribution is 6.30. The Morgan fingerprint density at radius 2 is 2.25 bits per heavy atom. The van der Waals surface area contributed by atoms with Crippen LogP contribution >= 0.6 is 11.6 Å². The Balaban J connectivity index is 1.71. The summed E-state index contributed by atoms with van der Waals surface area (Å²) in [6, 6.07) is 8.36. The molecule has 1 atom stereocenters. The van der Waals surface area contributed by atoms with Gasteiger partial charge in [0, 0.05) is 50.5 Å². The van der Waals surface area contributed by atoms with E-state index in [-0.39, 0.29) is 0 Å². The van der Waals surface area contributed by atoms with Gasteiger partial charge < -0.3 is 25.0 Å². The summed E-state index contributed by atoms with van der Waals surface area (Å²) in [4.78, 5) is 6.61. The predicted octanol–water partition coefficient (Wildman–Crippen LogP) is 1.75. The molecule has 0 bridgehead atoms. The predicted molar refractivity (Wildman–Crippen MR) is 99.3 cm³/mol. The number of nitrogens with one attached hydrogen (secondary N) is 2. The summed E-state index contributed by atoms with van der Waals surface area (Å²) in [7, 11) is 3.45. The molecule has 1 saturated heterocycles. The lowest BCUT2D eigenvalue weighted by Crippen LogP contribution is -2.45. The first-order valence-electron chi connectivity index (χ1n) is 8.27. The molecule has 2 rings (SSSR count). The van der Waals surface area contributed by atoms with Gasteiger partial charge in [0.1, 0.15) is 0 Å². The van der Waals surface area contributed by atoms with Crippen molar-refractivity contribution in [2.75, 3.05) is 58.5 Å². The van der Waals surface area contributed by atoms with Gasteiger partial charge in [0.15, 0.2) is 5.96 Å². The molecule has 0 saturated carbocycles. The Bertz CT molecular complexity index is 527. The van der Waals surface area contributed by atoms with E-state index in [0.29, 0.717) is 32.4 Å². The Morgan fingerprint density at radius 3 is 3.00 bits per heavy atom. The van der Waals surface area contributed by atoms with Crippen LogP contribution in [-0.4, -0.2) is 65.6 Å². The third-order valence-corrected chi connectivity index (χ3v) is 4.13. The Labute approximate surface area is 149 Å². The van der Waals surface area contributed by atoms with Crippen LogP contribution in [0.15, 0.2) is 29.3 Å². The smallest absolute Gasteiger partial charge is 0.191 e. The highest BCUT2D eigenvalue weighted by Gasteiger charge is 2.23. The first-order valence-corrected chi connectivity index (χ1v) is 8.65. The van der Waals surface area contributed by atoms with Crippen molar-refractivity contribution in [1.82, 2.24) is 10.6 Å². The number of rotatable bonds is 8. The maximum atomic E-state index is 6.08. The fourth-order valence-corrected chi connectivity index (χ4v) is 2.84. The summed E-state index contributed by atoms with van der Waals surface area (Å²) >= 11 is 6.08. The van der Waals surface area contributed by atoms with Crippen LogP contribution in [0.25, 0.3) is 0 Å². The zero-order valence-corrected chi connectivity index (χ0v) is 15.2. The van der Waals surface area contributed by atoms with Crippen LogP contribution in [0.1, 0.15) is 6.42 Å². The van der Waals surface area contributed by atoms with Crippen LogP contribution in [0, 0.1) is 0 Å². The van der Waals surface area contributed by atoms with Gasteiger partial charge in [-0.1, -0.05) is 17.7 Å². The van der Waals surface area contributed by atoms with E-state index in [2.05, 4.69) is 26.6 Å². The average Bonchev–Trinajstić information content (AvgIpc) is 3.05. The molecule has 24 heavy (non-hydrogen) atoms. The summed E-state index contributed by atoms with van der Waals surface area (Å²) in [5.41, 5.74) is 1.17. The topological polar surface area (TPSA) is 58.1 Å². The van der Waals surface area contributed by atoms with Crippen LogP contribution in [0.4, 0.5) is 5.69 Å². The third kappa shape index (κ3) is 6.19. The van der Waals surface area contributed by atoms with E-state index in [4.69, 9.17) is 21.1 Å². The fraction of sp³-hybridized carbons (Fsp3) is 0.588. The first kappa shape index (κ1) is 18.8. The normalized spacial score (nSPS) is 18.0. The molecule has 134 valence electrons. The van der Waals surface area contributed by atoms with E-state index < -0.39 is 0 Å². The Kier molecular flexibility index (Phi) is 8.15. The van der Waals surface area contributed by atoms with Crippen molar-refractivity contribution >= 4 is 23.2 Å². The van der Waals surface area contributed by atoms with Crippen LogP contribution in [0.2, 0.25) is 5.02 Å². The van der Waals surface area contributed by atoms with Crippen LogP contribution in [0.5, 0.6) is 0 Å². The molecule has 1 unspecified atom stereocenters. The standard InChI is InChI=1S/C17H27ClN4O2/c1-19-17(20-7-9-24-11-10-23-2)21-15-6-8-22(13-15)16-5-3-4-14(18)12-16/h3-5,12,15H,6-11,13H2,1-2H3,(H2,19,20,21). The van der Waals surface area contributed by atoms with E-state index in [0.717, 1.165) is 30.5 Å². The molecule has 2 N–H and O–H groups in total. The number of guanidine groups is 1. The summed E-state index contributed by atoms with van der Waals surface area (Å²) in [5, 5.41) is 7.51. The largest absolute Gasteiger partial charge is 0.382 e. The highest BCUT2D eigenvalue weighted by Crippen LogP contribution is 2.23. The van der Waals surface area contributed by atoms with Crippen LogP contribution < -0.4 is 15.5 Å². The molecule has 0 spiro atoms. The zero-order chi connectivity index (χ0) is 17.2. The van der Waals surface area contributed by atoms with E-state index in [1.54, 1.807) is 14.2 Å². The number of hydrogen-bond acceptors (Lipinski definition) is 4. The molecular formula is C17H27ClN4O2. The summed E-state index contributed by atoms with van der Waals surface area (Å²) in [6.45, 7) is 4.52. The quantitative estimate of drug-likeness (QED) is 0.423. The monoisotopic (exact) mass is 354 g/mol. The van der Waals surface area contributed by atoms with Gasteiger partial charge in [-0.3, -0.25) is 4.99 Å².